The molecule has 21 heavy (non-hydrogen) atoms. The maximum atomic E-state index is 13.2. The first-order valence-electron chi connectivity index (χ1n) is 6.38. The number of piperidine rings is 1. The summed E-state index contributed by atoms with van der Waals surface area (Å²) < 4.78 is 56.8. The molecule has 2 rings (SSSR count). The van der Waals surface area contributed by atoms with Crippen molar-refractivity contribution < 1.29 is 26.7 Å². The Hall–Kier alpha value is -1.54. The van der Waals surface area contributed by atoms with Gasteiger partial charge in [-0.1, -0.05) is 0 Å². The summed E-state index contributed by atoms with van der Waals surface area (Å²) in [7, 11) is -2.80. The number of rotatable bonds is 3. The summed E-state index contributed by atoms with van der Waals surface area (Å²) in [6.45, 7) is 0.154. The fourth-order valence-corrected chi connectivity index (χ4v) is 3.91. The van der Waals surface area contributed by atoms with Crippen LogP contribution in [-0.2, 0) is 19.6 Å². The third-order valence-electron chi connectivity index (χ3n) is 3.39. The molecule has 1 aliphatic heterocycles. The highest BCUT2D eigenvalue weighted by Crippen LogP contribution is 2.25. The van der Waals surface area contributed by atoms with E-state index in [1.807, 2.05) is 0 Å². The Labute approximate surface area is 121 Å². The Bertz CT molecular complexity index is 627. The normalized spacial score (nSPS) is 20.2. The summed E-state index contributed by atoms with van der Waals surface area (Å²) in [5, 5.41) is 0. The van der Waals surface area contributed by atoms with Crippen molar-refractivity contribution in [2.24, 2.45) is 5.92 Å². The summed E-state index contributed by atoms with van der Waals surface area (Å²) in [5.41, 5.74) is 0. The van der Waals surface area contributed by atoms with Crippen LogP contribution in [0.2, 0.25) is 0 Å². The van der Waals surface area contributed by atoms with E-state index < -0.39 is 38.4 Å². The first-order chi connectivity index (χ1) is 9.84. The molecule has 116 valence electrons. The van der Waals surface area contributed by atoms with Crippen LogP contribution >= 0.6 is 0 Å². The molecule has 8 heteroatoms. The lowest BCUT2D eigenvalue weighted by Crippen LogP contribution is -2.42. The number of hydrogen-bond acceptors (Lipinski definition) is 4. The minimum atomic E-state index is -4.04. The minimum Gasteiger partial charge on any atom is -0.469 e. The standard InChI is InChI=1S/C13H15F2NO4S/c1-20-13(17)9-3-2-4-16(8-9)21(18,19)12-6-10(14)5-11(15)7-12/h5-7,9H,2-4,8H2,1H3/t9-/m0/s1. The number of methoxy groups -OCH3 is 1. The molecule has 0 aliphatic carbocycles. The van der Waals surface area contributed by atoms with Crippen molar-refractivity contribution in [3.63, 3.8) is 0 Å². The predicted octanol–water partition coefficient (Wildman–Crippen LogP) is 1.54. The lowest BCUT2D eigenvalue weighted by molar-refractivity contribution is -0.146. The third kappa shape index (κ3) is 3.38. The van der Waals surface area contributed by atoms with Crippen LogP contribution in [0.3, 0.4) is 0 Å². The number of nitrogens with zero attached hydrogens (tertiary/aromatic N) is 1. The summed E-state index contributed by atoms with van der Waals surface area (Å²) >= 11 is 0. The molecule has 1 fully saturated rings. The van der Waals surface area contributed by atoms with Gasteiger partial charge in [0.1, 0.15) is 11.6 Å². The van der Waals surface area contributed by atoms with E-state index in [0.29, 0.717) is 18.9 Å². The van der Waals surface area contributed by atoms with Crippen molar-refractivity contribution in [1.82, 2.24) is 4.31 Å². The molecule has 0 amide bonds. The van der Waals surface area contributed by atoms with Gasteiger partial charge in [-0.2, -0.15) is 4.31 Å². The van der Waals surface area contributed by atoms with Gasteiger partial charge in [0.2, 0.25) is 10.0 Å². The fraction of sp³-hybridized carbons (Fsp3) is 0.462. The molecule has 1 atom stereocenters. The van der Waals surface area contributed by atoms with Crippen LogP contribution in [0.1, 0.15) is 12.8 Å². The first-order valence-corrected chi connectivity index (χ1v) is 7.82. The highest BCUT2D eigenvalue weighted by molar-refractivity contribution is 7.89. The van der Waals surface area contributed by atoms with Gasteiger partial charge in [0.25, 0.3) is 0 Å². The maximum Gasteiger partial charge on any atom is 0.309 e. The van der Waals surface area contributed by atoms with Crippen molar-refractivity contribution in [2.75, 3.05) is 20.2 Å². The molecule has 1 heterocycles. The number of benzene rings is 1. The smallest absolute Gasteiger partial charge is 0.309 e. The molecule has 1 aromatic carbocycles. The molecule has 1 aliphatic rings. The first kappa shape index (κ1) is 15.8. The highest BCUT2D eigenvalue weighted by atomic mass is 32.2. The Kier molecular flexibility index (Phi) is 4.58. The van der Waals surface area contributed by atoms with E-state index in [4.69, 9.17) is 0 Å². The molecule has 0 saturated carbocycles. The van der Waals surface area contributed by atoms with Gasteiger partial charge < -0.3 is 4.74 Å². The highest BCUT2D eigenvalue weighted by Gasteiger charge is 2.34. The number of hydrogen-bond donors (Lipinski definition) is 0. The Morgan fingerprint density at radius 1 is 1.29 bits per heavy atom. The van der Waals surface area contributed by atoms with Gasteiger partial charge in [-0.15, -0.1) is 0 Å². The summed E-state index contributed by atoms with van der Waals surface area (Å²) in [6.07, 6.45) is 1.01. The van der Waals surface area contributed by atoms with Crippen molar-refractivity contribution in [1.29, 1.82) is 0 Å². The molecule has 5 nitrogen and oxygen atoms in total. The van der Waals surface area contributed by atoms with Crippen LogP contribution in [0.4, 0.5) is 8.78 Å². The fourth-order valence-electron chi connectivity index (χ4n) is 2.35. The van der Waals surface area contributed by atoms with E-state index in [0.717, 1.165) is 16.4 Å². The predicted molar refractivity (Wildman–Crippen MR) is 69.9 cm³/mol. The van der Waals surface area contributed by atoms with E-state index in [1.165, 1.54) is 7.11 Å². The molecule has 0 bridgehead atoms. The van der Waals surface area contributed by atoms with Gasteiger partial charge >= 0.3 is 5.97 Å². The van der Waals surface area contributed by atoms with Gasteiger partial charge in [-0.3, -0.25) is 4.79 Å². The SMILES string of the molecule is COC(=O)[C@H]1CCCN(S(=O)(=O)c2cc(F)cc(F)c2)C1. The van der Waals surface area contributed by atoms with Gasteiger partial charge in [0.15, 0.2) is 0 Å². The van der Waals surface area contributed by atoms with Gasteiger partial charge in [-0.05, 0) is 25.0 Å². The second-order valence-corrected chi connectivity index (χ2v) is 6.77. The summed E-state index contributed by atoms with van der Waals surface area (Å²) in [6, 6.07) is 2.13. The van der Waals surface area contributed by atoms with Gasteiger partial charge in [0, 0.05) is 19.2 Å². The van der Waals surface area contributed by atoms with Crippen LogP contribution in [-0.4, -0.2) is 38.9 Å². The monoisotopic (exact) mass is 319 g/mol. The summed E-state index contributed by atoms with van der Waals surface area (Å²) in [5.74, 6) is -2.97. The zero-order valence-electron chi connectivity index (χ0n) is 11.4. The summed E-state index contributed by atoms with van der Waals surface area (Å²) in [4.78, 5) is 11.1. The molecule has 1 aromatic rings. The van der Waals surface area contributed by atoms with Gasteiger partial charge in [-0.25, -0.2) is 17.2 Å². The molecular weight excluding hydrogens is 304 g/mol. The van der Waals surface area contributed by atoms with E-state index in [2.05, 4.69) is 4.74 Å². The van der Waals surface area contributed by atoms with Crippen LogP contribution < -0.4 is 0 Å². The van der Waals surface area contributed by atoms with E-state index in [-0.39, 0.29) is 13.1 Å². The number of halogens is 2. The van der Waals surface area contributed by atoms with Gasteiger partial charge in [0.05, 0.1) is 17.9 Å². The van der Waals surface area contributed by atoms with Crippen LogP contribution in [0, 0.1) is 17.6 Å². The number of carbonyl (C=O) groups is 1. The topological polar surface area (TPSA) is 63.7 Å². The number of esters is 1. The molecule has 0 N–H and O–H groups in total. The Balaban J connectivity index is 2.28. The van der Waals surface area contributed by atoms with E-state index in [9.17, 15) is 22.0 Å². The van der Waals surface area contributed by atoms with Crippen molar-refractivity contribution in [3.8, 4) is 0 Å². The molecule has 0 spiro atoms. The average Bonchev–Trinajstić information content (AvgIpc) is 2.45. The lowest BCUT2D eigenvalue weighted by atomic mass is 10.0. The quantitative estimate of drug-likeness (QED) is 0.793. The largest absolute Gasteiger partial charge is 0.469 e. The van der Waals surface area contributed by atoms with Crippen LogP contribution in [0.15, 0.2) is 23.1 Å². The van der Waals surface area contributed by atoms with Crippen molar-refractivity contribution in [3.05, 3.63) is 29.8 Å². The second-order valence-electron chi connectivity index (χ2n) is 4.83. The second kappa shape index (κ2) is 6.07. The lowest BCUT2D eigenvalue weighted by Gasteiger charge is -2.30. The maximum absolute atomic E-state index is 13.2. The van der Waals surface area contributed by atoms with E-state index in [1.54, 1.807) is 0 Å². The van der Waals surface area contributed by atoms with Crippen molar-refractivity contribution in [2.45, 2.75) is 17.7 Å². The third-order valence-corrected chi connectivity index (χ3v) is 5.24. The molecule has 0 unspecified atom stereocenters. The van der Waals surface area contributed by atoms with Crippen LogP contribution in [0.25, 0.3) is 0 Å². The molecule has 0 radical (unpaired) electrons. The average molecular weight is 319 g/mol. The molecule has 0 aromatic heterocycles. The van der Waals surface area contributed by atoms with Crippen molar-refractivity contribution >= 4 is 16.0 Å². The molecule has 1 saturated heterocycles. The number of ether oxygens (including phenoxy) is 1. The molecular formula is C13H15F2NO4S. The number of sulfonamides is 1. The minimum absolute atomic E-state index is 0.0485. The Morgan fingerprint density at radius 3 is 2.48 bits per heavy atom. The zero-order valence-corrected chi connectivity index (χ0v) is 12.2. The Morgan fingerprint density at radius 2 is 1.90 bits per heavy atom. The zero-order chi connectivity index (χ0) is 15.6. The van der Waals surface area contributed by atoms with Crippen LogP contribution in [0.5, 0.6) is 0 Å². The number of carbonyl (C=O) groups excluding carboxylic acids is 1. The van der Waals surface area contributed by atoms with E-state index >= 15 is 0 Å².